The molecule has 4 rings (SSSR count). The number of aromatic nitrogens is 1. The fraction of sp³-hybridized carbons (Fsp3) is 0.0800. The number of aryl methyl sites for hydroxylation is 2. The van der Waals surface area contributed by atoms with Crippen LogP contribution in [0, 0.1) is 13.8 Å². The van der Waals surface area contributed by atoms with Crippen LogP contribution in [0.4, 0.5) is 5.69 Å². The average molecular weight is 512 g/mol. The van der Waals surface area contributed by atoms with Crippen molar-refractivity contribution in [3.63, 3.8) is 0 Å². The van der Waals surface area contributed by atoms with Crippen LogP contribution in [0.3, 0.4) is 0 Å². The van der Waals surface area contributed by atoms with Crippen LogP contribution in [0.15, 0.2) is 59.0 Å². The molecule has 34 heavy (non-hydrogen) atoms. The van der Waals surface area contributed by atoms with Gasteiger partial charge in [-0.2, -0.15) is 0 Å². The minimum atomic E-state index is -0.438. The molecule has 1 aromatic heterocycles. The third-order valence-corrected chi connectivity index (χ3v) is 5.68. The Morgan fingerprint density at radius 3 is 2.68 bits per heavy atom. The second-order valence-corrected chi connectivity index (χ2v) is 8.88. The Morgan fingerprint density at radius 2 is 1.91 bits per heavy atom. The van der Waals surface area contributed by atoms with Crippen LogP contribution >= 0.6 is 35.4 Å². The van der Waals surface area contributed by atoms with E-state index in [9.17, 15) is 9.90 Å². The van der Waals surface area contributed by atoms with Crippen molar-refractivity contribution in [1.82, 2.24) is 10.3 Å². The van der Waals surface area contributed by atoms with Gasteiger partial charge in [-0.15, -0.1) is 0 Å². The number of carbonyl (C=O) groups is 1. The first-order valence-corrected chi connectivity index (χ1v) is 11.3. The summed E-state index contributed by atoms with van der Waals surface area (Å²) in [6.07, 6.45) is 2.88. The Balaban J connectivity index is 1.48. The number of halogens is 2. The maximum Gasteiger partial charge on any atom is 0.250 e. The average Bonchev–Trinajstić information content (AvgIpc) is 3.18. The van der Waals surface area contributed by atoms with Gasteiger partial charge in [-0.05, 0) is 85.2 Å². The summed E-state index contributed by atoms with van der Waals surface area (Å²) in [5.74, 6) is -0.154. The number of nitrogens with one attached hydrogen (secondary N) is 2. The summed E-state index contributed by atoms with van der Waals surface area (Å²) in [4.78, 5) is 16.8. The lowest BCUT2D eigenvalue weighted by Crippen LogP contribution is -2.32. The molecule has 9 heteroatoms. The predicted molar refractivity (Wildman–Crippen MR) is 140 cm³/mol. The Labute approximate surface area is 211 Å². The van der Waals surface area contributed by atoms with E-state index in [1.54, 1.807) is 36.4 Å². The van der Waals surface area contributed by atoms with E-state index in [1.807, 2.05) is 26.0 Å². The van der Waals surface area contributed by atoms with Gasteiger partial charge in [-0.1, -0.05) is 35.3 Å². The second-order valence-electron chi connectivity index (χ2n) is 7.62. The lowest BCUT2D eigenvalue weighted by atomic mass is 10.1. The number of anilines is 1. The van der Waals surface area contributed by atoms with Crippen LogP contribution in [0.25, 0.3) is 28.6 Å². The molecule has 0 aliphatic carbocycles. The molecule has 3 aromatic carbocycles. The van der Waals surface area contributed by atoms with E-state index in [0.29, 0.717) is 38.0 Å². The number of nitrogens with zero attached hydrogens (tertiary/aromatic N) is 1. The highest BCUT2D eigenvalue weighted by molar-refractivity contribution is 7.80. The summed E-state index contributed by atoms with van der Waals surface area (Å²) >= 11 is 17.2. The first kappa shape index (κ1) is 23.8. The van der Waals surface area contributed by atoms with Gasteiger partial charge < -0.3 is 14.8 Å². The van der Waals surface area contributed by atoms with E-state index in [1.165, 1.54) is 12.1 Å². The summed E-state index contributed by atoms with van der Waals surface area (Å²) in [6.45, 7) is 3.93. The zero-order chi connectivity index (χ0) is 24.4. The molecule has 0 aliphatic rings. The number of carbonyl (C=O) groups excluding carboxylic acids is 1. The van der Waals surface area contributed by atoms with Gasteiger partial charge in [0.2, 0.25) is 11.8 Å². The molecule has 0 bridgehead atoms. The highest BCUT2D eigenvalue weighted by Gasteiger charge is 2.15. The molecule has 172 valence electrons. The molecule has 1 amide bonds. The molecule has 1 heterocycles. The van der Waals surface area contributed by atoms with E-state index in [-0.39, 0.29) is 16.8 Å². The number of oxazole rings is 1. The molecule has 0 radical (unpaired) electrons. The van der Waals surface area contributed by atoms with Crippen molar-refractivity contribution in [1.29, 1.82) is 0 Å². The lowest BCUT2D eigenvalue weighted by molar-refractivity contribution is -0.115. The fourth-order valence-electron chi connectivity index (χ4n) is 3.39. The van der Waals surface area contributed by atoms with E-state index < -0.39 is 5.91 Å². The first-order valence-electron chi connectivity index (χ1n) is 10.2. The molecule has 0 spiro atoms. The topological polar surface area (TPSA) is 87.4 Å². The minimum Gasteiger partial charge on any atom is -0.507 e. The van der Waals surface area contributed by atoms with Crippen LogP contribution in [0.2, 0.25) is 10.0 Å². The van der Waals surface area contributed by atoms with Crippen molar-refractivity contribution < 1.29 is 14.3 Å². The molecule has 0 unspecified atom stereocenters. The molecule has 3 N–H and O–H groups in total. The Kier molecular flexibility index (Phi) is 6.88. The van der Waals surface area contributed by atoms with Gasteiger partial charge in [0, 0.05) is 21.8 Å². The maximum absolute atomic E-state index is 12.2. The van der Waals surface area contributed by atoms with Crippen LogP contribution in [-0.2, 0) is 4.79 Å². The molecular formula is C25H19Cl2N3O3S. The third-order valence-electron chi connectivity index (χ3n) is 4.92. The van der Waals surface area contributed by atoms with Gasteiger partial charge in [0.1, 0.15) is 11.3 Å². The predicted octanol–water partition coefficient (Wildman–Crippen LogP) is 6.65. The van der Waals surface area contributed by atoms with Crippen molar-refractivity contribution in [2.45, 2.75) is 13.8 Å². The first-order chi connectivity index (χ1) is 16.2. The summed E-state index contributed by atoms with van der Waals surface area (Å²) in [7, 11) is 0. The van der Waals surface area contributed by atoms with Gasteiger partial charge in [-0.25, -0.2) is 4.98 Å². The largest absolute Gasteiger partial charge is 0.507 e. The molecular weight excluding hydrogens is 493 g/mol. The Morgan fingerprint density at radius 1 is 1.12 bits per heavy atom. The Bertz CT molecular complexity index is 1460. The highest BCUT2D eigenvalue weighted by Crippen LogP contribution is 2.34. The monoisotopic (exact) mass is 511 g/mol. The summed E-state index contributed by atoms with van der Waals surface area (Å²) < 4.78 is 5.91. The fourth-order valence-corrected chi connectivity index (χ4v) is 4.08. The summed E-state index contributed by atoms with van der Waals surface area (Å²) in [5.41, 5.74) is 4.97. The normalized spacial score (nSPS) is 11.2. The molecule has 0 fully saturated rings. The highest BCUT2D eigenvalue weighted by atomic mass is 35.5. The number of aromatic hydroxyl groups is 1. The number of rotatable bonds is 4. The number of hydrogen-bond donors (Lipinski definition) is 3. The van der Waals surface area contributed by atoms with E-state index in [0.717, 1.165) is 11.1 Å². The van der Waals surface area contributed by atoms with Crippen LogP contribution in [-0.4, -0.2) is 21.1 Å². The SMILES string of the molecule is Cc1cc(C)c2oc(-c3cc(NC(=S)NC(=O)/C=C/c4ccc(Cl)cc4Cl)ccc3O)nc2c1. The van der Waals surface area contributed by atoms with Gasteiger partial charge in [0.15, 0.2) is 10.7 Å². The van der Waals surface area contributed by atoms with Crippen LogP contribution in [0.1, 0.15) is 16.7 Å². The zero-order valence-electron chi connectivity index (χ0n) is 18.1. The molecule has 0 aliphatic heterocycles. The molecule has 0 saturated carbocycles. The number of amides is 1. The van der Waals surface area contributed by atoms with Gasteiger partial charge in [0.05, 0.1) is 5.56 Å². The molecule has 0 atom stereocenters. The molecule has 4 aromatic rings. The van der Waals surface area contributed by atoms with Crippen molar-refractivity contribution in [2.24, 2.45) is 0 Å². The van der Waals surface area contributed by atoms with Gasteiger partial charge in [0.25, 0.3) is 0 Å². The van der Waals surface area contributed by atoms with Crippen molar-refractivity contribution in [2.75, 3.05) is 5.32 Å². The summed E-state index contributed by atoms with van der Waals surface area (Å²) in [5, 5.41) is 16.9. The van der Waals surface area contributed by atoms with E-state index in [4.69, 9.17) is 39.8 Å². The number of benzene rings is 3. The summed E-state index contributed by atoms with van der Waals surface area (Å²) in [6, 6.07) is 13.7. The number of fused-ring (bicyclic) bond motifs is 1. The number of phenolic OH excluding ortho intramolecular Hbond substituents is 1. The maximum atomic E-state index is 12.2. The molecule has 6 nitrogen and oxygen atoms in total. The second kappa shape index (κ2) is 9.85. The quantitative estimate of drug-likeness (QED) is 0.161. The van der Waals surface area contributed by atoms with Crippen molar-refractivity contribution in [3.8, 4) is 17.2 Å². The smallest absolute Gasteiger partial charge is 0.250 e. The minimum absolute atomic E-state index is 0.00390. The van der Waals surface area contributed by atoms with Crippen molar-refractivity contribution >= 4 is 69.3 Å². The molecule has 0 saturated heterocycles. The van der Waals surface area contributed by atoms with E-state index in [2.05, 4.69) is 15.6 Å². The van der Waals surface area contributed by atoms with Gasteiger partial charge in [-0.3, -0.25) is 10.1 Å². The van der Waals surface area contributed by atoms with Crippen molar-refractivity contribution in [3.05, 3.63) is 81.3 Å². The number of thiocarbonyl (C=S) groups is 1. The van der Waals surface area contributed by atoms with Crippen LogP contribution < -0.4 is 10.6 Å². The standard InChI is InChI=1S/C25H19Cl2N3O3S/c1-13-9-14(2)23-20(10-13)29-24(33-23)18-12-17(6-7-21(18)31)28-25(34)30-22(32)8-4-15-3-5-16(26)11-19(15)27/h3-12,31H,1-2H3,(H2,28,30,32,34)/b8-4+. The zero-order valence-corrected chi connectivity index (χ0v) is 20.5. The van der Waals surface area contributed by atoms with Gasteiger partial charge >= 0.3 is 0 Å². The van der Waals surface area contributed by atoms with Crippen LogP contribution in [0.5, 0.6) is 5.75 Å². The number of hydrogen-bond acceptors (Lipinski definition) is 5. The number of phenols is 1. The Hall–Kier alpha value is -3.39. The lowest BCUT2D eigenvalue weighted by Gasteiger charge is -2.10. The van der Waals surface area contributed by atoms with E-state index >= 15 is 0 Å². The third kappa shape index (κ3) is 5.39.